The Morgan fingerprint density at radius 1 is 1.56 bits per heavy atom. The van der Waals surface area contributed by atoms with Crippen LogP contribution < -0.4 is 16.2 Å². The highest BCUT2D eigenvalue weighted by Gasteiger charge is 2.53. The zero-order valence-electron chi connectivity index (χ0n) is 10.3. The predicted molar refractivity (Wildman–Crippen MR) is 71.1 cm³/mol. The normalized spacial score (nSPS) is 29.1. The van der Waals surface area contributed by atoms with Crippen LogP contribution in [0.25, 0.3) is 0 Å². The molecular formula is C12H17ClN4O. The Bertz CT molecular complexity index is 505. The van der Waals surface area contributed by atoms with Gasteiger partial charge in [0.2, 0.25) is 0 Å². The Balaban J connectivity index is 1.77. The van der Waals surface area contributed by atoms with Crippen LogP contribution in [0.4, 0.5) is 5.69 Å². The molecule has 2 heterocycles. The molecule has 2 atom stereocenters. The zero-order chi connectivity index (χ0) is 12.7. The number of aryl methyl sites for hydroxylation is 1. The minimum absolute atomic E-state index is 0.201. The van der Waals surface area contributed by atoms with Crippen LogP contribution in [0.5, 0.6) is 0 Å². The Labute approximate surface area is 111 Å². The second-order valence-electron chi connectivity index (χ2n) is 5.06. The molecule has 18 heavy (non-hydrogen) atoms. The molecule has 0 radical (unpaired) electrons. The number of halogens is 1. The monoisotopic (exact) mass is 268 g/mol. The number of aromatic nitrogens is 2. The highest BCUT2D eigenvalue weighted by molar-refractivity contribution is 6.32. The van der Waals surface area contributed by atoms with Crippen molar-refractivity contribution in [2.45, 2.75) is 25.9 Å². The lowest BCUT2D eigenvalue weighted by Crippen LogP contribution is -2.26. The fourth-order valence-electron chi connectivity index (χ4n) is 2.75. The van der Waals surface area contributed by atoms with E-state index < -0.39 is 0 Å². The lowest BCUT2D eigenvalue weighted by molar-refractivity contribution is 0.568. The molecule has 0 bridgehead atoms. The van der Waals surface area contributed by atoms with Gasteiger partial charge < -0.3 is 10.6 Å². The summed E-state index contributed by atoms with van der Waals surface area (Å²) in [6, 6.07) is 0.451. The van der Waals surface area contributed by atoms with Gasteiger partial charge in [-0.1, -0.05) is 18.5 Å². The van der Waals surface area contributed by atoms with Gasteiger partial charge in [-0.05, 0) is 18.3 Å². The van der Waals surface area contributed by atoms with E-state index in [9.17, 15) is 4.79 Å². The molecule has 1 aromatic rings. The first-order valence-electron chi connectivity index (χ1n) is 6.45. The molecule has 0 amide bonds. The molecule has 2 N–H and O–H groups in total. The highest BCUT2D eigenvalue weighted by Crippen LogP contribution is 2.44. The third-order valence-electron chi connectivity index (χ3n) is 3.83. The lowest BCUT2D eigenvalue weighted by Gasteiger charge is -2.11. The minimum Gasteiger partial charge on any atom is -0.379 e. The summed E-state index contributed by atoms with van der Waals surface area (Å²) in [5.41, 5.74) is 0.473. The van der Waals surface area contributed by atoms with Gasteiger partial charge in [-0.25, -0.2) is 4.68 Å². The van der Waals surface area contributed by atoms with Gasteiger partial charge in [-0.3, -0.25) is 4.79 Å². The van der Waals surface area contributed by atoms with Crippen molar-refractivity contribution < 1.29 is 0 Å². The molecule has 1 aliphatic heterocycles. The molecule has 2 fully saturated rings. The predicted octanol–water partition coefficient (Wildman–Crippen LogP) is 0.936. The molecule has 5 nitrogen and oxygen atoms in total. The van der Waals surface area contributed by atoms with Gasteiger partial charge in [0.25, 0.3) is 5.56 Å². The maximum absolute atomic E-state index is 11.9. The van der Waals surface area contributed by atoms with E-state index in [2.05, 4.69) is 15.7 Å². The minimum atomic E-state index is -0.201. The number of rotatable bonds is 4. The first kappa shape index (κ1) is 12.0. The summed E-state index contributed by atoms with van der Waals surface area (Å²) < 4.78 is 1.42. The van der Waals surface area contributed by atoms with Crippen LogP contribution in [0.2, 0.25) is 5.02 Å². The standard InChI is InChI=1S/C12H17ClN4O/c1-2-3-17-12(18)10(13)9(6-15-17)16-11-7-4-14-5-8(7)11/h6-8,11,14,16H,2-5H2,1H3. The molecule has 98 valence electrons. The molecule has 6 heteroatoms. The molecule has 1 aromatic heterocycles. The van der Waals surface area contributed by atoms with Crippen LogP contribution >= 0.6 is 11.6 Å². The van der Waals surface area contributed by atoms with Gasteiger partial charge in [0, 0.05) is 25.7 Å². The van der Waals surface area contributed by atoms with Crippen LogP contribution in [-0.4, -0.2) is 28.9 Å². The lowest BCUT2D eigenvalue weighted by atomic mass is 10.3. The third-order valence-corrected chi connectivity index (χ3v) is 4.20. The number of nitrogens with one attached hydrogen (secondary N) is 2. The van der Waals surface area contributed by atoms with E-state index in [1.165, 1.54) is 4.68 Å². The smallest absolute Gasteiger partial charge is 0.287 e. The van der Waals surface area contributed by atoms with E-state index in [0.717, 1.165) is 19.5 Å². The quantitative estimate of drug-likeness (QED) is 0.853. The Kier molecular flexibility index (Phi) is 3.03. The molecule has 3 rings (SSSR count). The fraction of sp³-hybridized carbons (Fsp3) is 0.667. The van der Waals surface area contributed by atoms with Gasteiger partial charge in [0.05, 0.1) is 11.9 Å². The summed E-state index contributed by atoms with van der Waals surface area (Å²) in [7, 11) is 0. The van der Waals surface area contributed by atoms with Crippen molar-refractivity contribution in [3.8, 4) is 0 Å². The van der Waals surface area contributed by atoms with Crippen LogP contribution in [0.3, 0.4) is 0 Å². The number of nitrogens with zero attached hydrogens (tertiary/aromatic N) is 2. The summed E-state index contributed by atoms with van der Waals surface area (Å²) in [5.74, 6) is 1.36. The molecule has 0 spiro atoms. The number of hydrogen-bond donors (Lipinski definition) is 2. The topological polar surface area (TPSA) is 59.0 Å². The van der Waals surface area contributed by atoms with E-state index in [0.29, 0.717) is 30.1 Å². The molecule has 2 unspecified atom stereocenters. The van der Waals surface area contributed by atoms with Crippen LogP contribution in [-0.2, 0) is 6.54 Å². The van der Waals surface area contributed by atoms with E-state index in [4.69, 9.17) is 11.6 Å². The molecule has 1 aliphatic carbocycles. The Morgan fingerprint density at radius 2 is 2.28 bits per heavy atom. The average Bonchev–Trinajstić information content (AvgIpc) is 2.81. The third kappa shape index (κ3) is 1.91. The average molecular weight is 269 g/mol. The van der Waals surface area contributed by atoms with Crippen LogP contribution in [0.1, 0.15) is 13.3 Å². The van der Waals surface area contributed by atoms with Gasteiger partial charge in [0.1, 0.15) is 5.02 Å². The van der Waals surface area contributed by atoms with E-state index in [1.807, 2.05) is 6.92 Å². The van der Waals surface area contributed by atoms with Gasteiger partial charge in [-0.15, -0.1) is 0 Å². The maximum Gasteiger partial charge on any atom is 0.287 e. The van der Waals surface area contributed by atoms with Crippen molar-refractivity contribution in [3.05, 3.63) is 21.6 Å². The summed E-state index contributed by atoms with van der Waals surface area (Å²) >= 11 is 6.11. The van der Waals surface area contributed by atoms with Crippen molar-refractivity contribution in [2.75, 3.05) is 18.4 Å². The summed E-state index contributed by atoms with van der Waals surface area (Å²) in [6.45, 7) is 4.73. The Hall–Kier alpha value is -1.07. The molecule has 1 saturated carbocycles. The van der Waals surface area contributed by atoms with Gasteiger partial charge in [-0.2, -0.15) is 5.10 Å². The SMILES string of the molecule is CCCn1ncc(NC2C3CNCC32)c(Cl)c1=O. The molecule has 0 aromatic carbocycles. The van der Waals surface area contributed by atoms with Crippen molar-refractivity contribution in [1.82, 2.24) is 15.1 Å². The second-order valence-corrected chi connectivity index (χ2v) is 5.43. The van der Waals surface area contributed by atoms with E-state index in [-0.39, 0.29) is 10.6 Å². The first-order chi connectivity index (χ1) is 8.72. The van der Waals surface area contributed by atoms with Crippen LogP contribution in [0.15, 0.2) is 11.0 Å². The van der Waals surface area contributed by atoms with Crippen molar-refractivity contribution in [1.29, 1.82) is 0 Å². The molecular weight excluding hydrogens is 252 g/mol. The van der Waals surface area contributed by atoms with E-state index in [1.54, 1.807) is 6.20 Å². The largest absolute Gasteiger partial charge is 0.379 e. The number of anilines is 1. The highest BCUT2D eigenvalue weighted by atomic mass is 35.5. The maximum atomic E-state index is 11.9. The number of hydrogen-bond acceptors (Lipinski definition) is 4. The zero-order valence-corrected chi connectivity index (χ0v) is 11.1. The van der Waals surface area contributed by atoms with E-state index >= 15 is 0 Å². The second kappa shape index (κ2) is 4.55. The summed E-state index contributed by atoms with van der Waals surface area (Å²) in [5, 5.41) is 11.1. The van der Waals surface area contributed by atoms with Crippen LogP contribution in [0, 0.1) is 11.8 Å². The van der Waals surface area contributed by atoms with Crippen molar-refractivity contribution in [2.24, 2.45) is 11.8 Å². The Morgan fingerprint density at radius 3 is 2.94 bits per heavy atom. The van der Waals surface area contributed by atoms with Crippen molar-refractivity contribution >= 4 is 17.3 Å². The fourth-order valence-corrected chi connectivity index (χ4v) is 2.95. The van der Waals surface area contributed by atoms with Crippen molar-refractivity contribution in [3.63, 3.8) is 0 Å². The summed E-state index contributed by atoms with van der Waals surface area (Å²) in [6.07, 6.45) is 2.54. The molecule has 2 aliphatic rings. The van der Waals surface area contributed by atoms with Gasteiger partial charge in [0.15, 0.2) is 0 Å². The molecule has 1 saturated heterocycles. The number of fused-ring (bicyclic) bond motifs is 1. The first-order valence-corrected chi connectivity index (χ1v) is 6.83. The number of piperidine rings is 1. The summed E-state index contributed by atoms with van der Waals surface area (Å²) in [4.78, 5) is 11.9. The van der Waals surface area contributed by atoms with Gasteiger partial charge >= 0.3 is 0 Å².